The van der Waals surface area contributed by atoms with Crippen LogP contribution < -0.4 is 30.1 Å². The third-order valence-electron chi connectivity index (χ3n) is 5.11. The number of fused-ring (bicyclic) bond motifs is 1. The Morgan fingerprint density at radius 2 is 1.77 bits per heavy atom. The second-order valence-electron chi connectivity index (χ2n) is 7.23. The highest BCUT2D eigenvalue weighted by atomic mass is 16.5. The van der Waals surface area contributed by atoms with E-state index in [1.54, 1.807) is 43.5 Å². The molecule has 0 saturated heterocycles. The molecule has 2 aromatic rings. The fourth-order valence-corrected chi connectivity index (χ4v) is 3.34. The number of rotatable bonds is 10. The first kappa shape index (κ1) is 22.3. The van der Waals surface area contributed by atoms with Crippen molar-refractivity contribution in [2.24, 2.45) is 10.9 Å². The number of hydrogen-bond acceptors (Lipinski definition) is 5. The number of nitrogens with one attached hydrogen (secondary N) is 1. The third-order valence-corrected chi connectivity index (χ3v) is 5.11. The zero-order valence-electron chi connectivity index (χ0n) is 18.1. The van der Waals surface area contributed by atoms with Crippen molar-refractivity contribution in [1.29, 1.82) is 0 Å². The van der Waals surface area contributed by atoms with Crippen LogP contribution in [0.3, 0.4) is 0 Å². The highest BCUT2D eigenvalue weighted by molar-refractivity contribution is 5.94. The van der Waals surface area contributed by atoms with Crippen LogP contribution in [0.15, 0.2) is 41.4 Å². The summed E-state index contributed by atoms with van der Waals surface area (Å²) in [6, 6.07) is 10.6. The molecule has 0 aliphatic carbocycles. The monoisotopic (exact) mass is 424 g/mol. The fourth-order valence-electron chi connectivity index (χ4n) is 3.34. The maximum absolute atomic E-state index is 12.5. The van der Waals surface area contributed by atoms with E-state index >= 15 is 0 Å². The molecule has 0 spiro atoms. The van der Waals surface area contributed by atoms with Crippen molar-refractivity contribution >= 4 is 17.9 Å². The molecule has 164 valence electrons. The molecule has 0 saturated carbocycles. The zero-order chi connectivity index (χ0) is 22.2. The van der Waals surface area contributed by atoms with Gasteiger partial charge in [-0.15, -0.1) is 0 Å². The highest BCUT2D eigenvalue weighted by Crippen LogP contribution is 2.15. The summed E-state index contributed by atoms with van der Waals surface area (Å²) in [6.45, 7) is 3.12. The lowest BCUT2D eigenvalue weighted by Crippen LogP contribution is -2.37. The Bertz CT molecular complexity index is 1050. The minimum atomic E-state index is -0.442. The van der Waals surface area contributed by atoms with Crippen LogP contribution in [0.4, 0.5) is 0 Å². The van der Waals surface area contributed by atoms with Gasteiger partial charge in [-0.3, -0.25) is 9.59 Å². The minimum Gasteiger partial charge on any atom is -0.496 e. The van der Waals surface area contributed by atoms with Gasteiger partial charge in [-0.1, -0.05) is 19.4 Å². The Kier molecular flexibility index (Phi) is 7.65. The predicted octanol–water partition coefficient (Wildman–Crippen LogP) is 2.26. The molecular formula is C24H28N2O5. The number of amides is 2. The summed E-state index contributed by atoms with van der Waals surface area (Å²) in [5.74, 6) is 0.999. The molecule has 1 aliphatic heterocycles. The van der Waals surface area contributed by atoms with E-state index < -0.39 is 5.92 Å². The van der Waals surface area contributed by atoms with Crippen molar-refractivity contribution in [2.45, 2.75) is 26.2 Å². The van der Waals surface area contributed by atoms with E-state index in [0.29, 0.717) is 42.0 Å². The minimum absolute atomic E-state index is 0.194. The molecule has 7 heteroatoms. The van der Waals surface area contributed by atoms with Crippen LogP contribution in [0, 0.1) is 5.92 Å². The van der Waals surface area contributed by atoms with Crippen molar-refractivity contribution in [2.75, 3.05) is 27.4 Å². The van der Waals surface area contributed by atoms with Crippen LogP contribution in [0.5, 0.6) is 17.2 Å². The standard InChI is InChI=1S/C24H28N2O5/c1-4-5-14-31-18-8-6-16(7-9-18)23(27)25-13-12-17-15-19-20(29-2)10-11-21(30-3)22(19)26-24(17)28/h6-11,15,17H,4-5,12-14H2,1-3H3,(H,25,27). The van der Waals surface area contributed by atoms with E-state index in [1.165, 1.54) is 7.11 Å². The Morgan fingerprint density at radius 3 is 2.45 bits per heavy atom. The topological polar surface area (TPSA) is 86.2 Å². The predicted molar refractivity (Wildman–Crippen MR) is 117 cm³/mol. The lowest BCUT2D eigenvalue weighted by atomic mass is 9.99. The molecule has 2 aromatic carbocycles. The number of methoxy groups -OCH3 is 2. The van der Waals surface area contributed by atoms with Gasteiger partial charge in [0.2, 0.25) is 0 Å². The van der Waals surface area contributed by atoms with Crippen molar-refractivity contribution in [3.05, 3.63) is 52.5 Å². The van der Waals surface area contributed by atoms with E-state index in [2.05, 4.69) is 17.2 Å². The van der Waals surface area contributed by atoms with E-state index in [9.17, 15) is 9.59 Å². The summed E-state index contributed by atoms with van der Waals surface area (Å²) in [5, 5.41) is 4.08. The maximum atomic E-state index is 12.5. The van der Waals surface area contributed by atoms with Crippen LogP contribution in [-0.2, 0) is 4.79 Å². The number of nitrogens with zero attached hydrogens (tertiary/aromatic N) is 1. The van der Waals surface area contributed by atoms with E-state index in [-0.39, 0.29) is 11.8 Å². The Morgan fingerprint density at radius 1 is 1.06 bits per heavy atom. The van der Waals surface area contributed by atoms with Crippen LogP contribution in [-0.4, -0.2) is 39.2 Å². The number of carbonyl (C=O) groups excluding carboxylic acids is 2. The highest BCUT2D eigenvalue weighted by Gasteiger charge is 2.21. The fraction of sp³-hybridized carbons (Fsp3) is 0.375. The summed E-state index contributed by atoms with van der Waals surface area (Å²) in [5.41, 5.74) is 0.545. The molecule has 1 atom stereocenters. The molecular weight excluding hydrogens is 396 g/mol. The largest absolute Gasteiger partial charge is 0.496 e. The lowest BCUT2D eigenvalue weighted by molar-refractivity contribution is -0.120. The van der Waals surface area contributed by atoms with E-state index in [0.717, 1.165) is 23.8 Å². The number of hydrogen-bond donors (Lipinski definition) is 1. The molecule has 1 heterocycles. The number of unbranched alkanes of at least 4 members (excludes halogenated alkanes) is 1. The first-order chi connectivity index (χ1) is 15.1. The summed E-state index contributed by atoms with van der Waals surface area (Å²) in [7, 11) is 3.11. The number of carbonyl (C=O) groups is 2. The second-order valence-corrected chi connectivity index (χ2v) is 7.23. The van der Waals surface area contributed by atoms with Gasteiger partial charge in [-0.2, -0.15) is 0 Å². The molecule has 0 bridgehead atoms. The Hall–Kier alpha value is -3.35. The van der Waals surface area contributed by atoms with Crippen LogP contribution >= 0.6 is 0 Å². The molecule has 3 rings (SSSR count). The van der Waals surface area contributed by atoms with Gasteiger partial charge in [0.1, 0.15) is 22.6 Å². The van der Waals surface area contributed by atoms with Crippen molar-refractivity contribution in [1.82, 2.24) is 5.32 Å². The third kappa shape index (κ3) is 5.42. The summed E-state index contributed by atoms with van der Waals surface area (Å²) >= 11 is 0. The molecule has 2 amide bonds. The second kappa shape index (κ2) is 10.6. The summed E-state index contributed by atoms with van der Waals surface area (Å²) < 4.78 is 16.3. The number of benzene rings is 2. The lowest BCUT2D eigenvalue weighted by Gasteiger charge is -2.15. The summed E-state index contributed by atoms with van der Waals surface area (Å²) in [4.78, 5) is 29.1. The van der Waals surface area contributed by atoms with Crippen LogP contribution in [0.2, 0.25) is 0 Å². The molecule has 7 nitrogen and oxygen atoms in total. The van der Waals surface area contributed by atoms with Gasteiger partial charge in [0, 0.05) is 17.3 Å². The average molecular weight is 424 g/mol. The van der Waals surface area contributed by atoms with Gasteiger partial charge in [0.25, 0.3) is 11.8 Å². The van der Waals surface area contributed by atoms with Crippen molar-refractivity contribution < 1.29 is 23.8 Å². The molecule has 1 aliphatic rings. The van der Waals surface area contributed by atoms with Crippen LogP contribution in [0.1, 0.15) is 36.5 Å². The van der Waals surface area contributed by atoms with Gasteiger partial charge in [-0.25, -0.2) is 4.99 Å². The Labute approximate surface area is 181 Å². The molecule has 1 N–H and O–H groups in total. The van der Waals surface area contributed by atoms with Gasteiger partial charge in [-0.05, 0) is 49.2 Å². The average Bonchev–Trinajstić information content (AvgIpc) is 2.79. The van der Waals surface area contributed by atoms with E-state index in [4.69, 9.17) is 14.2 Å². The molecule has 0 fully saturated rings. The summed E-state index contributed by atoms with van der Waals surface area (Å²) in [6.07, 6.45) is 4.34. The Balaban J connectivity index is 1.61. The quantitative estimate of drug-likeness (QED) is 0.592. The molecule has 1 unspecified atom stereocenters. The normalized spacial score (nSPS) is 14.7. The number of ether oxygens (including phenoxy) is 3. The van der Waals surface area contributed by atoms with Crippen LogP contribution in [0.25, 0.3) is 6.08 Å². The van der Waals surface area contributed by atoms with Gasteiger partial charge in [0.15, 0.2) is 0 Å². The molecule has 0 radical (unpaired) electrons. The zero-order valence-corrected chi connectivity index (χ0v) is 18.1. The van der Waals surface area contributed by atoms with Gasteiger partial charge < -0.3 is 19.5 Å². The first-order valence-corrected chi connectivity index (χ1v) is 10.4. The van der Waals surface area contributed by atoms with Gasteiger partial charge >= 0.3 is 0 Å². The van der Waals surface area contributed by atoms with Crippen molar-refractivity contribution in [3.8, 4) is 17.2 Å². The molecule has 31 heavy (non-hydrogen) atoms. The molecule has 0 aromatic heterocycles. The van der Waals surface area contributed by atoms with Crippen molar-refractivity contribution in [3.63, 3.8) is 0 Å². The van der Waals surface area contributed by atoms with E-state index in [1.807, 2.05) is 6.08 Å². The van der Waals surface area contributed by atoms with Gasteiger partial charge in [0.05, 0.1) is 26.7 Å². The maximum Gasteiger partial charge on any atom is 0.253 e. The smallest absolute Gasteiger partial charge is 0.253 e. The SMILES string of the molecule is CCCCOc1ccc(C(=O)NCCC2C=c3c(OC)ccc(OC)c3=NC2=O)cc1. The first-order valence-electron chi connectivity index (χ1n) is 10.4.